The fourth-order valence-electron chi connectivity index (χ4n) is 3.08. The first-order valence-electron chi connectivity index (χ1n) is 8.12. The van der Waals surface area contributed by atoms with Gasteiger partial charge in [-0.1, -0.05) is 0 Å². The Kier molecular flexibility index (Phi) is 5.07. The molecule has 1 aromatic rings. The van der Waals surface area contributed by atoms with Gasteiger partial charge in [0, 0.05) is 32.8 Å². The van der Waals surface area contributed by atoms with Gasteiger partial charge in [-0.3, -0.25) is 4.79 Å². The zero-order chi connectivity index (χ0) is 16.2. The number of amides is 1. The Labute approximate surface area is 136 Å². The molecule has 1 fully saturated rings. The first-order chi connectivity index (χ1) is 11.1. The van der Waals surface area contributed by atoms with E-state index in [1.807, 2.05) is 23.9 Å². The molecule has 3 rings (SSSR count). The Balaban J connectivity index is 1.54. The Morgan fingerprint density at radius 1 is 1.48 bits per heavy atom. The lowest BCUT2D eigenvalue weighted by molar-refractivity contribution is -0.138. The van der Waals surface area contributed by atoms with E-state index in [-0.39, 0.29) is 18.6 Å². The van der Waals surface area contributed by atoms with Gasteiger partial charge in [-0.2, -0.15) is 0 Å². The summed E-state index contributed by atoms with van der Waals surface area (Å²) in [6.45, 7) is 2.63. The van der Waals surface area contributed by atoms with Crippen LogP contribution in [0.1, 0.15) is 24.1 Å². The van der Waals surface area contributed by atoms with Gasteiger partial charge in [0.1, 0.15) is 18.8 Å². The predicted molar refractivity (Wildman–Crippen MR) is 85.3 cm³/mol. The van der Waals surface area contributed by atoms with Crippen LogP contribution in [0.25, 0.3) is 0 Å². The van der Waals surface area contributed by atoms with Crippen LogP contribution in [0.3, 0.4) is 0 Å². The van der Waals surface area contributed by atoms with Crippen LogP contribution in [0, 0.1) is 0 Å². The van der Waals surface area contributed by atoms with Gasteiger partial charge in [-0.25, -0.2) is 9.97 Å². The number of hydrogen-bond acceptors (Lipinski definition) is 6. The van der Waals surface area contributed by atoms with E-state index < -0.39 is 0 Å². The van der Waals surface area contributed by atoms with Gasteiger partial charge in [0.05, 0.1) is 24.9 Å². The van der Waals surface area contributed by atoms with Crippen molar-refractivity contribution in [3.05, 3.63) is 17.6 Å². The van der Waals surface area contributed by atoms with Crippen molar-refractivity contribution >= 4 is 11.7 Å². The largest absolute Gasteiger partial charge is 0.376 e. The van der Waals surface area contributed by atoms with Gasteiger partial charge in [-0.05, 0) is 19.3 Å². The van der Waals surface area contributed by atoms with Gasteiger partial charge in [0.25, 0.3) is 0 Å². The van der Waals surface area contributed by atoms with E-state index >= 15 is 0 Å². The molecule has 23 heavy (non-hydrogen) atoms. The van der Waals surface area contributed by atoms with E-state index in [1.54, 1.807) is 6.33 Å². The number of anilines is 1. The van der Waals surface area contributed by atoms with E-state index in [0.29, 0.717) is 19.7 Å². The standard InChI is InChI=1S/C16H24N4O3/c1-19(2)16-13-5-6-20(8-14(13)17-11-18-16)15(21)10-22-9-12-4-3-7-23-12/h11-12H,3-10H2,1-2H3/t12-/m0/s1. The fraction of sp³-hybridized carbons (Fsp3) is 0.688. The van der Waals surface area contributed by atoms with Crippen molar-refractivity contribution in [2.75, 3.05) is 45.4 Å². The summed E-state index contributed by atoms with van der Waals surface area (Å²) in [5.74, 6) is 0.954. The maximum atomic E-state index is 12.3. The minimum Gasteiger partial charge on any atom is -0.376 e. The second-order valence-electron chi connectivity index (χ2n) is 6.23. The summed E-state index contributed by atoms with van der Waals surface area (Å²) < 4.78 is 11.0. The van der Waals surface area contributed by atoms with Crippen LogP contribution in [0.2, 0.25) is 0 Å². The molecule has 3 heterocycles. The molecule has 0 unspecified atom stereocenters. The number of ether oxygens (including phenoxy) is 2. The second-order valence-corrected chi connectivity index (χ2v) is 6.23. The van der Waals surface area contributed by atoms with E-state index in [2.05, 4.69) is 9.97 Å². The first-order valence-corrected chi connectivity index (χ1v) is 8.12. The lowest BCUT2D eigenvalue weighted by Gasteiger charge is -2.30. The van der Waals surface area contributed by atoms with Crippen molar-refractivity contribution in [2.24, 2.45) is 0 Å². The Morgan fingerprint density at radius 2 is 2.35 bits per heavy atom. The Bertz CT molecular complexity index is 558. The quantitative estimate of drug-likeness (QED) is 0.792. The molecule has 0 aromatic carbocycles. The zero-order valence-electron chi connectivity index (χ0n) is 13.8. The van der Waals surface area contributed by atoms with Crippen molar-refractivity contribution in [2.45, 2.75) is 31.9 Å². The highest BCUT2D eigenvalue weighted by Crippen LogP contribution is 2.24. The molecule has 1 amide bonds. The Morgan fingerprint density at radius 3 is 3.09 bits per heavy atom. The number of nitrogens with zero attached hydrogens (tertiary/aromatic N) is 4. The number of carbonyl (C=O) groups excluding carboxylic acids is 1. The molecule has 0 spiro atoms. The highest BCUT2D eigenvalue weighted by Gasteiger charge is 2.25. The third-order valence-corrected chi connectivity index (χ3v) is 4.31. The third-order valence-electron chi connectivity index (χ3n) is 4.31. The summed E-state index contributed by atoms with van der Waals surface area (Å²) in [7, 11) is 3.94. The molecular formula is C16H24N4O3. The van der Waals surface area contributed by atoms with Crippen molar-refractivity contribution in [1.82, 2.24) is 14.9 Å². The maximum absolute atomic E-state index is 12.3. The number of rotatable bonds is 5. The molecule has 1 saturated heterocycles. The smallest absolute Gasteiger partial charge is 0.248 e. The minimum absolute atomic E-state index is 0.0127. The van der Waals surface area contributed by atoms with Crippen LogP contribution in [-0.4, -0.2) is 67.3 Å². The highest BCUT2D eigenvalue weighted by molar-refractivity contribution is 5.77. The van der Waals surface area contributed by atoms with E-state index in [9.17, 15) is 4.79 Å². The lowest BCUT2D eigenvalue weighted by atomic mass is 10.1. The molecule has 2 aliphatic heterocycles. The van der Waals surface area contributed by atoms with Crippen molar-refractivity contribution < 1.29 is 14.3 Å². The number of hydrogen-bond donors (Lipinski definition) is 0. The number of carbonyl (C=O) groups is 1. The lowest BCUT2D eigenvalue weighted by Crippen LogP contribution is -2.39. The van der Waals surface area contributed by atoms with Crippen LogP contribution in [0.15, 0.2) is 6.33 Å². The third kappa shape index (κ3) is 3.79. The van der Waals surface area contributed by atoms with Crippen molar-refractivity contribution in [1.29, 1.82) is 0 Å². The molecular weight excluding hydrogens is 296 g/mol. The molecule has 2 aliphatic rings. The van der Waals surface area contributed by atoms with Gasteiger partial charge in [-0.15, -0.1) is 0 Å². The molecule has 0 bridgehead atoms. The topological polar surface area (TPSA) is 67.8 Å². The number of fused-ring (bicyclic) bond motifs is 1. The molecule has 0 aliphatic carbocycles. The molecule has 126 valence electrons. The van der Waals surface area contributed by atoms with E-state index in [1.165, 1.54) is 0 Å². The summed E-state index contributed by atoms with van der Waals surface area (Å²) in [6.07, 6.45) is 4.60. The first kappa shape index (κ1) is 16.1. The van der Waals surface area contributed by atoms with Crippen LogP contribution in [0.4, 0.5) is 5.82 Å². The Hall–Kier alpha value is -1.73. The average Bonchev–Trinajstić information content (AvgIpc) is 3.06. The van der Waals surface area contributed by atoms with Gasteiger partial charge < -0.3 is 19.3 Å². The van der Waals surface area contributed by atoms with E-state index in [0.717, 1.165) is 42.9 Å². The normalized spacial score (nSPS) is 20.4. The molecule has 7 nitrogen and oxygen atoms in total. The van der Waals surface area contributed by atoms with Crippen molar-refractivity contribution in [3.63, 3.8) is 0 Å². The molecule has 7 heteroatoms. The van der Waals surface area contributed by atoms with Crippen molar-refractivity contribution in [3.8, 4) is 0 Å². The summed E-state index contributed by atoms with van der Waals surface area (Å²) >= 11 is 0. The second kappa shape index (κ2) is 7.23. The summed E-state index contributed by atoms with van der Waals surface area (Å²) in [4.78, 5) is 24.8. The monoisotopic (exact) mass is 320 g/mol. The van der Waals surface area contributed by atoms with Crippen LogP contribution in [-0.2, 0) is 27.2 Å². The van der Waals surface area contributed by atoms with Gasteiger partial charge in [0.15, 0.2) is 0 Å². The SMILES string of the molecule is CN(C)c1ncnc2c1CCN(C(=O)COC[C@@H]1CCCO1)C2. The maximum Gasteiger partial charge on any atom is 0.248 e. The zero-order valence-corrected chi connectivity index (χ0v) is 13.8. The van der Waals surface area contributed by atoms with Crippen LogP contribution in [0.5, 0.6) is 0 Å². The molecule has 1 aromatic heterocycles. The van der Waals surface area contributed by atoms with Gasteiger partial charge in [0.2, 0.25) is 5.91 Å². The number of aromatic nitrogens is 2. The highest BCUT2D eigenvalue weighted by atomic mass is 16.5. The predicted octanol–water partition coefficient (Wildman–Crippen LogP) is 0.623. The average molecular weight is 320 g/mol. The molecule has 0 radical (unpaired) electrons. The fourth-order valence-corrected chi connectivity index (χ4v) is 3.08. The summed E-state index contributed by atoms with van der Waals surface area (Å²) in [6, 6.07) is 0. The molecule has 1 atom stereocenters. The van der Waals surface area contributed by atoms with Crippen LogP contribution < -0.4 is 4.90 Å². The minimum atomic E-state index is 0.0127. The molecule has 0 saturated carbocycles. The van der Waals surface area contributed by atoms with Gasteiger partial charge >= 0.3 is 0 Å². The molecule has 0 N–H and O–H groups in total. The van der Waals surface area contributed by atoms with Crippen LogP contribution >= 0.6 is 0 Å². The van der Waals surface area contributed by atoms with E-state index in [4.69, 9.17) is 9.47 Å². The summed E-state index contributed by atoms with van der Waals surface area (Å²) in [5, 5.41) is 0. The summed E-state index contributed by atoms with van der Waals surface area (Å²) in [5.41, 5.74) is 2.07.